The fraction of sp³-hybridized carbons (Fsp3) is 0.0968. The molecule has 0 aliphatic heterocycles. The number of fused-ring (bicyclic) bond motifs is 8. The highest BCUT2D eigenvalue weighted by Crippen LogP contribution is 2.44. The van der Waals surface area contributed by atoms with Gasteiger partial charge in [0.25, 0.3) is 0 Å². The smallest absolute Gasteiger partial charge is 0.0471 e. The Kier molecular flexibility index (Phi) is 3.97. The molecule has 0 saturated carbocycles. The zero-order valence-electron chi connectivity index (χ0n) is 18.7. The lowest BCUT2D eigenvalue weighted by Crippen LogP contribution is -1.92. The molecule has 158 valence electrons. The molecule has 0 atom stereocenters. The molecule has 0 amide bonds. The van der Waals surface area contributed by atoms with Crippen LogP contribution in [0.4, 0.5) is 0 Å². The summed E-state index contributed by atoms with van der Waals surface area (Å²) in [5.74, 6) is 0. The van der Waals surface area contributed by atoms with Gasteiger partial charge in [0, 0.05) is 42.0 Å². The van der Waals surface area contributed by atoms with E-state index < -0.39 is 0 Å². The van der Waals surface area contributed by atoms with Gasteiger partial charge in [-0.3, -0.25) is 0 Å². The van der Waals surface area contributed by atoms with Gasteiger partial charge in [-0.25, -0.2) is 0 Å². The van der Waals surface area contributed by atoms with Crippen LogP contribution in [-0.2, 0) is 6.42 Å². The number of hydrogen-bond acceptors (Lipinski definition) is 1. The third-order valence-electron chi connectivity index (χ3n) is 7.11. The van der Waals surface area contributed by atoms with Crippen molar-refractivity contribution in [1.29, 1.82) is 0 Å². The van der Waals surface area contributed by atoms with E-state index in [-0.39, 0.29) is 0 Å². The molecule has 2 heteroatoms. The summed E-state index contributed by atoms with van der Waals surface area (Å²) in [6, 6.07) is 31.4. The van der Waals surface area contributed by atoms with Crippen molar-refractivity contribution in [3.63, 3.8) is 0 Å². The topological polar surface area (TPSA) is 15.8 Å². The van der Waals surface area contributed by atoms with Crippen molar-refractivity contribution in [2.75, 3.05) is 0 Å². The van der Waals surface area contributed by atoms with Crippen LogP contribution in [-0.4, -0.2) is 4.98 Å². The maximum absolute atomic E-state index is 3.64. The Balaban J connectivity index is 1.61. The van der Waals surface area contributed by atoms with E-state index in [1.54, 1.807) is 0 Å². The van der Waals surface area contributed by atoms with E-state index in [0.717, 1.165) is 6.42 Å². The Morgan fingerprint density at radius 2 is 1.52 bits per heavy atom. The molecule has 1 nitrogen and oxygen atoms in total. The molecule has 2 aromatic heterocycles. The Morgan fingerprint density at radius 3 is 2.39 bits per heavy atom. The van der Waals surface area contributed by atoms with Gasteiger partial charge < -0.3 is 4.98 Å². The highest BCUT2D eigenvalue weighted by molar-refractivity contribution is 7.26. The van der Waals surface area contributed by atoms with Crippen molar-refractivity contribution in [1.82, 2.24) is 4.98 Å². The van der Waals surface area contributed by atoms with Crippen molar-refractivity contribution in [2.45, 2.75) is 20.3 Å². The molecular formula is C31H23NS. The Bertz CT molecular complexity index is 1870. The predicted molar refractivity (Wildman–Crippen MR) is 146 cm³/mol. The summed E-state index contributed by atoms with van der Waals surface area (Å²) >= 11 is 1.91. The number of thiophene rings is 1. The van der Waals surface area contributed by atoms with Gasteiger partial charge >= 0.3 is 0 Å². The third kappa shape index (κ3) is 2.65. The molecule has 0 saturated heterocycles. The third-order valence-corrected chi connectivity index (χ3v) is 8.23. The molecule has 0 bridgehead atoms. The van der Waals surface area contributed by atoms with E-state index in [1.165, 1.54) is 75.0 Å². The van der Waals surface area contributed by atoms with E-state index in [1.807, 2.05) is 11.3 Å². The van der Waals surface area contributed by atoms with Gasteiger partial charge in [-0.1, -0.05) is 61.5 Å². The van der Waals surface area contributed by atoms with Crippen molar-refractivity contribution < 1.29 is 0 Å². The summed E-state index contributed by atoms with van der Waals surface area (Å²) in [4.78, 5) is 3.64. The SMILES string of the molecule is CCc1ccc2[nH]c3ccccc3c2c1-c1cc2sc3ccc4ccccc4c3c2cc1C. The fourth-order valence-electron chi connectivity index (χ4n) is 5.56. The largest absolute Gasteiger partial charge is 0.354 e. The number of benzene rings is 5. The molecule has 0 spiro atoms. The van der Waals surface area contributed by atoms with E-state index in [2.05, 4.69) is 104 Å². The minimum absolute atomic E-state index is 1.01. The lowest BCUT2D eigenvalue weighted by molar-refractivity contribution is 1.15. The highest BCUT2D eigenvalue weighted by atomic mass is 32.1. The standard InChI is InChI=1S/C31H23NS/c1-3-19-12-14-26-31(22-10-6-7-11-25(22)32-26)29(19)23-17-28-24(16-18(23)2)30-21-9-5-4-8-20(21)13-15-27(30)33-28/h4-17,32H,3H2,1-2H3. The molecule has 0 unspecified atom stereocenters. The van der Waals surface area contributed by atoms with Gasteiger partial charge in [-0.05, 0) is 76.7 Å². The van der Waals surface area contributed by atoms with Crippen molar-refractivity contribution in [3.8, 4) is 11.1 Å². The second-order valence-corrected chi connectivity index (χ2v) is 10.1. The summed E-state index contributed by atoms with van der Waals surface area (Å²) in [6.07, 6.45) is 1.01. The summed E-state index contributed by atoms with van der Waals surface area (Å²) in [5, 5.41) is 8.07. The van der Waals surface area contributed by atoms with Crippen LogP contribution < -0.4 is 0 Å². The maximum atomic E-state index is 3.64. The van der Waals surface area contributed by atoms with Gasteiger partial charge in [-0.2, -0.15) is 0 Å². The second kappa shape index (κ2) is 6.94. The number of rotatable bonds is 2. The van der Waals surface area contributed by atoms with Crippen molar-refractivity contribution in [3.05, 3.63) is 96.1 Å². The van der Waals surface area contributed by atoms with Crippen molar-refractivity contribution >= 4 is 64.1 Å². The zero-order chi connectivity index (χ0) is 22.1. The summed E-state index contributed by atoms with van der Waals surface area (Å²) in [5.41, 5.74) is 7.89. The first-order valence-electron chi connectivity index (χ1n) is 11.6. The van der Waals surface area contributed by atoms with E-state index >= 15 is 0 Å². The van der Waals surface area contributed by atoms with Gasteiger partial charge in [0.2, 0.25) is 0 Å². The number of aromatic nitrogens is 1. The normalized spacial score (nSPS) is 12.1. The molecule has 0 radical (unpaired) electrons. The first-order chi connectivity index (χ1) is 16.2. The minimum Gasteiger partial charge on any atom is -0.354 e. The van der Waals surface area contributed by atoms with Crippen LogP contribution in [0, 0.1) is 6.92 Å². The number of aromatic amines is 1. The Labute approximate surface area is 196 Å². The fourth-order valence-corrected chi connectivity index (χ4v) is 6.70. The van der Waals surface area contributed by atoms with Gasteiger partial charge in [0.05, 0.1) is 0 Å². The monoisotopic (exact) mass is 441 g/mol. The van der Waals surface area contributed by atoms with E-state index in [9.17, 15) is 0 Å². The van der Waals surface area contributed by atoms with Crippen LogP contribution in [0.3, 0.4) is 0 Å². The maximum Gasteiger partial charge on any atom is 0.0471 e. The van der Waals surface area contributed by atoms with Crippen LogP contribution in [0.2, 0.25) is 0 Å². The first kappa shape index (κ1) is 18.9. The average molecular weight is 442 g/mol. The number of hydrogen-bond donors (Lipinski definition) is 1. The van der Waals surface area contributed by atoms with Crippen LogP contribution in [0.1, 0.15) is 18.1 Å². The van der Waals surface area contributed by atoms with Gasteiger partial charge in [-0.15, -0.1) is 11.3 Å². The molecule has 1 N–H and O–H groups in total. The molecule has 7 aromatic rings. The first-order valence-corrected chi connectivity index (χ1v) is 12.4. The zero-order valence-corrected chi connectivity index (χ0v) is 19.5. The summed E-state index contributed by atoms with van der Waals surface area (Å²) < 4.78 is 2.72. The Hall–Kier alpha value is -3.62. The average Bonchev–Trinajstić information content (AvgIpc) is 3.41. The number of para-hydroxylation sites is 1. The van der Waals surface area contributed by atoms with Gasteiger partial charge in [0.15, 0.2) is 0 Å². The molecule has 7 rings (SSSR count). The van der Waals surface area contributed by atoms with Gasteiger partial charge in [0.1, 0.15) is 0 Å². The molecule has 2 heterocycles. The van der Waals surface area contributed by atoms with Crippen LogP contribution in [0.25, 0.3) is 63.9 Å². The molecular weight excluding hydrogens is 418 g/mol. The van der Waals surface area contributed by atoms with E-state index in [0.29, 0.717) is 0 Å². The quantitative estimate of drug-likeness (QED) is 0.275. The summed E-state index contributed by atoms with van der Waals surface area (Å²) in [7, 11) is 0. The minimum atomic E-state index is 1.01. The molecule has 33 heavy (non-hydrogen) atoms. The lowest BCUT2D eigenvalue weighted by atomic mass is 9.89. The van der Waals surface area contributed by atoms with Crippen LogP contribution in [0.15, 0.2) is 84.9 Å². The molecule has 0 aliphatic carbocycles. The van der Waals surface area contributed by atoms with E-state index in [4.69, 9.17) is 0 Å². The van der Waals surface area contributed by atoms with Crippen LogP contribution >= 0.6 is 11.3 Å². The number of H-pyrrole nitrogens is 1. The lowest BCUT2D eigenvalue weighted by Gasteiger charge is -2.14. The number of aryl methyl sites for hydroxylation is 2. The number of nitrogens with one attached hydrogen (secondary N) is 1. The Morgan fingerprint density at radius 1 is 0.697 bits per heavy atom. The predicted octanol–water partition coefficient (Wildman–Crippen LogP) is 9.38. The van der Waals surface area contributed by atoms with Crippen LogP contribution in [0.5, 0.6) is 0 Å². The summed E-state index contributed by atoms with van der Waals surface area (Å²) in [6.45, 7) is 4.54. The highest BCUT2D eigenvalue weighted by Gasteiger charge is 2.18. The molecule has 5 aromatic carbocycles. The second-order valence-electron chi connectivity index (χ2n) is 8.97. The molecule has 0 fully saturated rings. The molecule has 0 aliphatic rings. The van der Waals surface area contributed by atoms with Crippen molar-refractivity contribution in [2.24, 2.45) is 0 Å².